The van der Waals surface area contributed by atoms with Crippen molar-refractivity contribution in [2.75, 3.05) is 0 Å². The van der Waals surface area contributed by atoms with Crippen molar-refractivity contribution < 1.29 is 20.1 Å². The van der Waals surface area contributed by atoms with Crippen molar-refractivity contribution in [3.05, 3.63) is 211 Å². The molecule has 0 amide bonds. The molecule has 0 saturated carbocycles. The molecule has 0 aliphatic rings. The van der Waals surface area contributed by atoms with Crippen LogP contribution in [0.1, 0.15) is 22.3 Å². The molecule has 8 aromatic rings. The van der Waals surface area contributed by atoms with Gasteiger partial charge in [-0.3, -0.25) is 0 Å². The Labute approximate surface area is 325 Å². The fourth-order valence-corrected chi connectivity index (χ4v) is 6.63. The molecule has 0 bridgehead atoms. The Balaban J connectivity index is 0.00000435. The smallest absolute Gasteiger partial charge is 0.305 e. The number of pyridine rings is 3. The molecule has 0 spiro atoms. The topological polar surface area (TPSA) is 38.7 Å². The Kier molecular flexibility index (Phi) is 11.5. The second kappa shape index (κ2) is 17.1. The van der Waals surface area contributed by atoms with E-state index in [2.05, 4.69) is 130 Å². The molecule has 0 atom stereocenters. The molecule has 256 valence electrons. The number of hydrogen-bond donors (Lipinski definition) is 0. The zero-order valence-corrected chi connectivity index (χ0v) is 31.6. The summed E-state index contributed by atoms with van der Waals surface area (Å²) in [6.45, 7) is 0. The van der Waals surface area contributed by atoms with Crippen molar-refractivity contribution in [3.8, 4) is 56.0 Å². The Morgan fingerprint density at radius 2 is 0.774 bits per heavy atom. The first-order valence-electron chi connectivity index (χ1n) is 17.7. The van der Waals surface area contributed by atoms with Crippen LogP contribution in [-0.2, 0) is 45.8 Å². The number of aryl methyl sites for hydroxylation is 4. The van der Waals surface area contributed by atoms with Gasteiger partial charge in [0.1, 0.15) is 0 Å². The van der Waals surface area contributed by atoms with Crippen LogP contribution in [0.3, 0.4) is 0 Å². The van der Waals surface area contributed by atoms with Crippen LogP contribution in [-0.4, -0.2) is 15.0 Å². The van der Waals surface area contributed by atoms with Gasteiger partial charge in [-0.1, -0.05) is 103 Å². The molecular weight excluding hydrogens is 823 g/mol. The van der Waals surface area contributed by atoms with Gasteiger partial charge in [-0.15, -0.1) is 101 Å². The van der Waals surface area contributed by atoms with Crippen LogP contribution < -0.4 is 0 Å². The molecule has 0 radical (unpaired) electrons. The predicted octanol–water partition coefficient (Wildman–Crippen LogP) is 11.2. The molecule has 3 aromatic heterocycles. The third-order valence-electron chi connectivity index (χ3n) is 9.40. The summed E-state index contributed by atoms with van der Waals surface area (Å²) in [6.07, 6.45) is 9.18. The van der Waals surface area contributed by atoms with E-state index >= 15 is 0 Å². The first-order valence-corrected chi connectivity index (χ1v) is 17.7. The summed E-state index contributed by atoms with van der Waals surface area (Å²) in [7, 11) is 0. The molecule has 53 heavy (non-hydrogen) atoms. The summed E-state index contributed by atoms with van der Waals surface area (Å²) < 4.78 is 0. The Hall–Kier alpha value is -5.80. The zero-order valence-electron chi connectivity index (χ0n) is 29.2. The van der Waals surface area contributed by atoms with Gasteiger partial charge in [0.05, 0.1) is 0 Å². The predicted molar refractivity (Wildman–Crippen MR) is 211 cm³/mol. The maximum atomic E-state index is 4.51. The normalized spacial score (nSPS) is 10.8. The zero-order chi connectivity index (χ0) is 35.0. The Morgan fingerprint density at radius 3 is 1.17 bits per heavy atom. The van der Waals surface area contributed by atoms with E-state index in [4.69, 9.17) is 0 Å². The first-order chi connectivity index (χ1) is 25.7. The molecule has 4 heteroatoms. The van der Waals surface area contributed by atoms with Gasteiger partial charge in [-0.25, -0.2) is 0 Å². The summed E-state index contributed by atoms with van der Waals surface area (Å²) >= 11 is 0. The fourth-order valence-electron chi connectivity index (χ4n) is 6.63. The van der Waals surface area contributed by atoms with Crippen LogP contribution in [0.5, 0.6) is 0 Å². The molecule has 5 aromatic carbocycles. The average molecular weight is 859 g/mol. The number of benzene rings is 5. The van der Waals surface area contributed by atoms with Crippen LogP contribution in [0.2, 0.25) is 0 Å². The minimum absolute atomic E-state index is 0. The van der Waals surface area contributed by atoms with Crippen molar-refractivity contribution in [3.63, 3.8) is 0 Å². The van der Waals surface area contributed by atoms with E-state index in [-0.39, 0.29) is 20.1 Å². The summed E-state index contributed by atoms with van der Waals surface area (Å²) in [5, 5.41) is 0. The van der Waals surface area contributed by atoms with Gasteiger partial charge in [0.25, 0.3) is 0 Å². The van der Waals surface area contributed by atoms with Crippen LogP contribution in [0.15, 0.2) is 170 Å². The molecule has 3 nitrogen and oxygen atoms in total. The maximum Gasteiger partial charge on any atom is 3.00 e. The van der Waals surface area contributed by atoms with Gasteiger partial charge in [-0.2, -0.15) is 0 Å². The van der Waals surface area contributed by atoms with Crippen LogP contribution in [0.25, 0.3) is 56.0 Å². The second-order valence-electron chi connectivity index (χ2n) is 12.9. The number of nitrogens with zero attached hydrogens (tertiary/aromatic N) is 3. The minimum atomic E-state index is 0. The summed E-state index contributed by atoms with van der Waals surface area (Å²) in [5.41, 5.74) is 15.8. The van der Waals surface area contributed by atoms with Crippen LogP contribution in [0.4, 0.5) is 0 Å². The second-order valence-corrected chi connectivity index (χ2v) is 12.9. The van der Waals surface area contributed by atoms with Crippen molar-refractivity contribution in [2.24, 2.45) is 0 Å². The number of aromatic nitrogens is 3. The van der Waals surface area contributed by atoms with Gasteiger partial charge >= 0.3 is 20.1 Å². The van der Waals surface area contributed by atoms with Gasteiger partial charge < -0.3 is 15.0 Å². The number of rotatable bonds is 11. The van der Waals surface area contributed by atoms with Crippen LogP contribution >= 0.6 is 0 Å². The number of hydrogen-bond acceptors (Lipinski definition) is 3. The molecule has 0 aliphatic heterocycles. The fraction of sp³-hybridized carbons (Fsp3) is 0.0816. The van der Waals surface area contributed by atoms with E-state index < -0.39 is 0 Å². The standard InChI is InChI=1S/C49H36N3.Ir/c1-2-10-46(45(9-1)40-26-28-43(29-27-40)49-13-5-8-32-52-49)44-34-38(16-14-36-18-22-41(23-19-36)47-11-3-6-30-50-47)33-39(35-44)17-15-37-20-24-42(25-21-37)48-12-4-7-31-51-48;/h1-13,18-22,24,26-28,30-35H,14-17H2;/q-3;+3. The van der Waals surface area contributed by atoms with Gasteiger partial charge in [0.15, 0.2) is 0 Å². The van der Waals surface area contributed by atoms with E-state index in [9.17, 15) is 0 Å². The summed E-state index contributed by atoms with van der Waals surface area (Å²) in [4.78, 5) is 13.5. The Bertz CT molecular complexity index is 2250. The minimum Gasteiger partial charge on any atom is -0.305 e. The van der Waals surface area contributed by atoms with E-state index in [0.717, 1.165) is 65.0 Å². The SMILES string of the molecule is [Ir+3].[c-]1cc(CCc2cc(CCc3c[c-]c(-c4ccccn4)cc3)cc(-c3ccccc3-c3c[c-]c(-c4ccccn4)cc3)c2)ccc1-c1ccccn1. The van der Waals surface area contributed by atoms with Crippen molar-refractivity contribution in [2.45, 2.75) is 25.7 Å². The van der Waals surface area contributed by atoms with Gasteiger partial charge in [0.2, 0.25) is 0 Å². The van der Waals surface area contributed by atoms with Crippen molar-refractivity contribution in [1.82, 2.24) is 15.0 Å². The summed E-state index contributed by atoms with van der Waals surface area (Å²) in [6, 6.07) is 63.4. The summed E-state index contributed by atoms with van der Waals surface area (Å²) in [5.74, 6) is 0. The van der Waals surface area contributed by atoms with Crippen molar-refractivity contribution >= 4 is 0 Å². The van der Waals surface area contributed by atoms with Gasteiger partial charge in [0, 0.05) is 18.6 Å². The third-order valence-corrected chi connectivity index (χ3v) is 9.40. The van der Waals surface area contributed by atoms with E-state index in [1.54, 1.807) is 0 Å². The molecule has 3 heterocycles. The van der Waals surface area contributed by atoms with E-state index in [1.165, 1.54) is 38.9 Å². The average Bonchev–Trinajstić information content (AvgIpc) is 3.23. The van der Waals surface area contributed by atoms with E-state index in [1.807, 2.05) is 73.2 Å². The van der Waals surface area contributed by atoms with E-state index in [0.29, 0.717) is 0 Å². The molecule has 8 rings (SSSR count). The molecule has 0 unspecified atom stereocenters. The van der Waals surface area contributed by atoms with Crippen LogP contribution in [0, 0.1) is 18.2 Å². The quantitative estimate of drug-likeness (QED) is 0.122. The monoisotopic (exact) mass is 859 g/mol. The Morgan fingerprint density at radius 1 is 0.358 bits per heavy atom. The maximum absolute atomic E-state index is 4.51. The first kappa shape index (κ1) is 35.6. The molecular formula is C49H36IrN3. The third kappa shape index (κ3) is 8.81. The molecule has 0 fully saturated rings. The largest absolute Gasteiger partial charge is 3.00 e. The molecule has 0 aliphatic carbocycles. The van der Waals surface area contributed by atoms with Crippen molar-refractivity contribution in [1.29, 1.82) is 0 Å². The molecule has 0 saturated heterocycles. The van der Waals surface area contributed by atoms with Gasteiger partial charge in [-0.05, 0) is 70.4 Å². The molecule has 0 N–H and O–H groups in total.